The van der Waals surface area contributed by atoms with Crippen LogP contribution in [-0.2, 0) is 10.0 Å². The van der Waals surface area contributed by atoms with Crippen LogP contribution >= 0.6 is 0 Å². The molecule has 18 heavy (non-hydrogen) atoms. The molecule has 5 heteroatoms. The molecule has 1 heterocycles. The SMILES string of the molecule is CCC1CCCCN1S(=O)(=O)c1ccc(N)cc1. The number of rotatable bonds is 3. The van der Waals surface area contributed by atoms with Crippen LogP contribution in [0, 0.1) is 0 Å². The molecule has 0 aromatic heterocycles. The molecule has 1 aliphatic rings. The van der Waals surface area contributed by atoms with Crippen LogP contribution < -0.4 is 5.73 Å². The zero-order chi connectivity index (χ0) is 13.2. The van der Waals surface area contributed by atoms with E-state index >= 15 is 0 Å². The van der Waals surface area contributed by atoms with Crippen molar-refractivity contribution in [2.45, 2.75) is 43.5 Å². The fraction of sp³-hybridized carbons (Fsp3) is 0.538. The summed E-state index contributed by atoms with van der Waals surface area (Å²) in [7, 11) is -3.36. The topological polar surface area (TPSA) is 63.4 Å². The molecule has 0 radical (unpaired) electrons. The Morgan fingerprint density at radius 3 is 2.56 bits per heavy atom. The highest BCUT2D eigenvalue weighted by atomic mass is 32.2. The lowest BCUT2D eigenvalue weighted by atomic mass is 10.0. The van der Waals surface area contributed by atoms with Gasteiger partial charge in [0, 0.05) is 18.3 Å². The Morgan fingerprint density at radius 1 is 1.28 bits per heavy atom. The van der Waals surface area contributed by atoms with Crippen LogP contribution in [0.1, 0.15) is 32.6 Å². The van der Waals surface area contributed by atoms with Gasteiger partial charge in [-0.05, 0) is 43.5 Å². The molecule has 1 fully saturated rings. The van der Waals surface area contributed by atoms with Crippen LogP contribution in [0.5, 0.6) is 0 Å². The van der Waals surface area contributed by atoms with Crippen LogP contribution in [0.2, 0.25) is 0 Å². The van der Waals surface area contributed by atoms with Crippen molar-refractivity contribution < 1.29 is 8.42 Å². The minimum absolute atomic E-state index is 0.140. The summed E-state index contributed by atoms with van der Waals surface area (Å²) >= 11 is 0. The van der Waals surface area contributed by atoms with E-state index in [1.54, 1.807) is 28.6 Å². The van der Waals surface area contributed by atoms with Gasteiger partial charge in [0.25, 0.3) is 0 Å². The van der Waals surface area contributed by atoms with Crippen molar-refractivity contribution in [2.24, 2.45) is 0 Å². The number of piperidine rings is 1. The molecule has 1 aromatic carbocycles. The molecule has 4 nitrogen and oxygen atoms in total. The second kappa shape index (κ2) is 5.28. The maximum Gasteiger partial charge on any atom is 0.243 e. The molecule has 0 aliphatic carbocycles. The van der Waals surface area contributed by atoms with E-state index in [9.17, 15) is 8.42 Å². The van der Waals surface area contributed by atoms with Gasteiger partial charge in [-0.2, -0.15) is 4.31 Å². The molecule has 0 amide bonds. The van der Waals surface area contributed by atoms with Crippen LogP contribution in [-0.4, -0.2) is 25.3 Å². The zero-order valence-corrected chi connectivity index (χ0v) is 11.5. The summed E-state index contributed by atoms with van der Waals surface area (Å²) in [5, 5.41) is 0. The van der Waals surface area contributed by atoms with Gasteiger partial charge in [0.1, 0.15) is 0 Å². The van der Waals surface area contributed by atoms with E-state index in [4.69, 9.17) is 5.73 Å². The average molecular weight is 268 g/mol. The number of hydrogen-bond donors (Lipinski definition) is 1. The number of sulfonamides is 1. The van der Waals surface area contributed by atoms with Gasteiger partial charge >= 0.3 is 0 Å². The number of anilines is 1. The van der Waals surface area contributed by atoms with Crippen molar-refractivity contribution in [1.29, 1.82) is 0 Å². The maximum absolute atomic E-state index is 12.6. The molecule has 1 unspecified atom stereocenters. The largest absolute Gasteiger partial charge is 0.399 e. The molecule has 0 saturated carbocycles. The summed E-state index contributed by atoms with van der Waals surface area (Å²) < 4.78 is 26.8. The van der Waals surface area contributed by atoms with Gasteiger partial charge in [-0.1, -0.05) is 13.3 Å². The van der Waals surface area contributed by atoms with Gasteiger partial charge in [-0.15, -0.1) is 0 Å². The highest BCUT2D eigenvalue weighted by molar-refractivity contribution is 7.89. The Hall–Kier alpha value is -1.07. The van der Waals surface area contributed by atoms with E-state index in [1.165, 1.54) is 0 Å². The van der Waals surface area contributed by atoms with Gasteiger partial charge in [-0.3, -0.25) is 0 Å². The van der Waals surface area contributed by atoms with Crippen LogP contribution in [0.25, 0.3) is 0 Å². The third-order valence-electron chi connectivity index (χ3n) is 3.53. The molecule has 1 atom stereocenters. The smallest absolute Gasteiger partial charge is 0.243 e. The Labute approximate surface area is 109 Å². The van der Waals surface area contributed by atoms with Gasteiger partial charge < -0.3 is 5.73 Å². The highest BCUT2D eigenvalue weighted by Crippen LogP contribution is 2.27. The van der Waals surface area contributed by atoms with Crippen molar-refractivity contribution in [2.75, 3.05) is 12.3 Å². The van der Waals surface area contributed by atoms with Crippen molar-refractivity contribution in [1.82, 2.24) is 4.31 Å². The summed E-state index contributed by atoms with van der Waals surface area (Å²) in [5.74, 6) is 0. The van der Waals surface area contributed by atoms with Gasteiger partial charge in [-0.25, -0.2) is 8.42 Å². The highest BCUT2D eigenvalue weighted by Gasteiger charge is 2.32. The number of nitrogens with zero attached hydrogens (tertiary/aromatic N) is 1. The number of hydrogen-bond acceptors (Lipinski definition) is 3. The zero-order valence-electron chi connectivity index (χ0n) is 10.7. The lowest BCUT2D eigenvalue weighted by molar-refractivity contribution is 0.246. The summed E-state index contributed by atoms with van der Waals surface area (Å²) in [6, 6.07) is 6.59. The summed E-state index contributed by atoms with van der Waals surface area (Å²) in [6.07, 6.45) is 3.90. The number of benzene rings is 1. The monoisotopic (exact) mass is 268 g/mol. The van der Waals surface area contributed by atoms with Crippen LogP contribution in [0.4, 0.5) is 5.69 Å². The second-order valence-corrected chi connectivity index (χ2v) is 6.63. The van der Waals surface area contributed by atoms with E-state index in [0.29, 0.717) is 17.1 Å². The predicted octanol–water partition coefficient (Wildman–Crippen LogP) is 2.22. The lowest BCUT2D eigenvalue weighted by Crippen LogP contribution is -2.43. The summed E-state index contributed by atoms with van der Waals surface area (Å²) in [6.45, 7) is 2.67. The third-order valence-corrected chi connectivity index (χ3v) is 5.50. The first-order valence-electron chi connectivity index (χ1n) is 6.43. The Bertz CT molecular complexity index is 496. The van der Waals surface area contributed by atoms with E-state index in [1.807, 2.05) is 6.92 Å². The lowest BCUT2D eigenvalue weighted by Gasteiger charge is -2.34. The van der Waals surface area contributed by atoms with E-state index in [0.717, 1.165) is 25.7 Å². The molecule has 2 rings (SSSR count). The minimum Gasteiger partial charge on any atom is -0.399 e. The third kappa shape index (κ3) is 2.52. The van der Waals surface area contributed by atoms with Crippen molar-refractivity contribution in [3.63, 3.8) is 0 Å². The summed E-state index contributed by atoms with van der Waals surface area (Å²) in [5.41, 5.74) is 6.18. The standard InChI is InChI=1S/C13H20N2O2S/c1-2-12-5-3-4-10-15(12)18(16,17)13-8-6-11(14)7-9-13/h6-9,12H,2-5,10,14H2,1H3. The first-order chi connectivity index (χ1) is 8.55. The predicted molar refractivity (Wildman–Crippen MR) is 72.7 cm³/mol. The Balaban J connectivity index is 2.32. The van der Waals surface area contributed by atoms with Crippen molar-refractivity contribution in [3.05, 3.63) is 24.3 Å². The van der Waals surface area contributed by atoms with Gasteiger partial charge in [0.2, 0.25) is 10.0 Å². The van der Waals surface area contributed by atoms with Gasteiger partial charge in [0.05, 0.1) is 4.90 Å². The van der Waals surface area contributed by atoms with E-state index in [2.05, 4.69) is 0 Å². The normalized spacial score (nSPS) is 21.9. The molecule has 1 aliphatic heterocycles. The number of nitrogen functional groups attached to an aromatic ring is 1. The fourth-order valence-corrected chi connectivity index (χ4v) is 4.24. The van der Waals surface area contributed by atoms with Crippen molar-refractivity contribution >= 4 is 15.7 Å². The molecular formula is C13H20N2O2S. The number of nitrogens with two attached hydrogens (primary N) is 1. The van der Waals surface area contributed by atoms with Crippen molar-refractivity contribution in [3.8, 4) is 0 Å². The molecule has 1 aromatic rings. The second-order valence-electron chi connectivity index (χ2n) is 4.74. The molecule has 0 spiro atoms. The first-order valence-corrected chi connectivity index (χ1v) is 7.87. The van der Waals surface area contributed by atoms with Gasteiger partial charge in [0.15, 0.2) is 0 Å². The Morgan fingerprint density at radius 2 is 1.94 bits per heavy atom. The molecule has 0 bridgehead atoms. The quantitative estimate of drug-likeness (QED) is 0.855. The molecular weight excluding hydrogens is 248 g/mol. The average Bonchev–Trinajstić information content (AvgIpc) is 2.39. The van der Waals surface area contributed by atoms with E-state index in [-0.39, 0.29) is 6.04 Å². The van der Waals surface area contributed by atoms with Crippen LogP contribution in [0.3, 0.4) is 0 Å². The molecule has 100 valence electrons. The maximum atomic E-state index is 12.6. The first kappa shape index (κ1) is 13.4. The fourth-order valence-electron chi connectivity index (χ4n) is 2.47. The van der Waals surface area contributed by atoms with Crippen LogP contribution in [0.15, 0.2) is 29.2 Å². The summed E-state index contributed by atoms with van der Waals surface area (Å²) in [4.78, 5) is 0.344. The minimum atomic E-state index is -3.36. The molecule has 2 N–H and O–H groups in total. The van der Waals surface area contributed by atoms with E-state index < -0.39 is 10.0 Å². The Kier molecular flexibility index (Phi) is 3.92. The molecule has 1 saturated heterocycles.